The molecule has 0 radical (unpaired) electrons. The maximum atomic E-state index is 11.6. The average molecular weight is 372 g/mol. The number of hydrogen-bond donors (Lipinski definition) is 1. The van der Waals surface area contributed by atoms with Gasteiger partial charge in [-0.3, -0.25) is 0 Å². The van der Waals surface area contributed by atoms with Crippen LogP contribution in [0, 0.1) is 0 Å². The van der Waals surface area contributed by atoms with E-state index >= 15 is 0 Å². The fourth-order valence-electron chi connectivity index (χ4n) is 2.63. The molecule has 24 heavy (non-hydrogen) atoms. The molecule has 0 aliphatic rings. The van der Waals surface area contributed by atoms with Gasteiger partial charge in [0.25, 0.3) is 0 Å². The molecule has 1 rings (SSSR count). The molecule has 4 nitrogen and oxygen atoms in total. The summed E-state index contributed by atoms with van der Waals surface area (Å²) in [7, 11) is -4.74. The van der Waals surface area contributed by atoms with Gasteiger partial charge in [0.05, 0.1) is 0 Å². The Bertz CT molecular complexity index is 563. The molecule has 0 bridgehead atoms. The van der Waals surface area contributed by atoms with Gasteiger partial charge in [-0.2, -0.15) is 0 Å². The van der Waals surface area contributed by atoms with E-state index in [0.29, 0.717) is 16.7 Å². The van der Waals surface area contributed by atoms with Crippen LogP contribution in [0.5, 0.6) is 5.75 Å². The largest absolute Gasteiger partial charge is 1.00 e. The molecule has 1 unspecified atom stereocenters. The zero-order chi connectivity index (χ0) is 17.5. The van der Waals surface area contributed by atoms with E-state index < -0.39 is 13.3 Å². The van der Waals surface area contributed by atoms with Crippen LogP contribution in [0.2, 0.25) is 0 Å². The average Bonchev–Trinajstić information content (AvgIpc) is 2.26. The molecule has 0 saturated carbocycles. The summed E-state index contributed by atoms with van der Waals surface area (Å²) in [4.78, 5) is 23.2. The number of hydrogen-bond acceptors (Lipinski definition) is 4. The molecule has 0 amide bonds. The minimum Gasteiger partial charge on any atom is -0.810 e. The molecule has 7 heteroatoms. The zero-order valence-electron chi connectivity index (χ0n) is 16.6. The quantitative estimate of drug-likeness (QED) is 0.465. The second-order valence-corrected chi connectivity index (χ2v) is 9.63. The van der Waals surface area contributed by atoms with Crippen LogP contribution in [0.25, 0.3) is 0 Å². The van der Waals surface area contributed by atoms with Crippen LogP contribution in [0.3, 0.4) is 0 Å². The van der Waals surface area contributed by atoms with Crippen molar-refractivity contribution in [3.63, 3.8) is 0 Å². The molecular weight excluding hydrogens is 345 g/mol. The molecule has 0 heterocycles. The summed E-state index contributed by atoms with van der Waals surface area (Å²) in [6.45, 7) is 13.4. The Morgan fingerprint density at radius 3 is 1.54 bits per heavy atom. The summed E-state index contributed by atoms with van der Waals surface area (Å²) in [5, 5.41) is 10.6. The molecule has 0 aromatic heterocycles. The zero-order valence-corrected chi connectivity index (χ0v) is 21.5. The molecule has 0 fully saturated rings. The Kier molecular flexibility index (Phi) is 10.7. The second kappa shape index (κ2) is 9.39. The summed E-state index contributed by atoms with van der Waals surface area (Å²) in [6, 6.07) is 3.34. The van der Waals surface area contributed by atoms with E-state index in [0.717, 1.165) is 0 Å². The molecule has 0 saturated heterocycles. The predicted octanol–water partition coefficient (Wildman–Crippen LogP) is -2.64. The SMILES string of the molecule is CCC(c1cc(C(C)(C)C)c(O)c(C(C)(C)C)c1)P(=O)([O-])[O-].[Na+].[Na+]. The van der Waals surface area contributed by atoms with Crippen LogP contribution in [-0.4, -0.2) is 5.11 Å². The maximum absolute atomic E-state index is 11.6. The number of benzene rings is 1. The van der Waals surface area contributed by atoms with E-state index in [2.05, 4.69) is 0 Å². The number of phenolic OH excluding ortho intramolecular Hbond substituents is 1. The van der Waals surface area contributed by atoms with Crippen molar-refractivity contribution in [3.8, 4) is 5.75 Å². The molecule has 126 valence electrons. The third kappa shape index (κ3) is 6.72. The topological polar surface area (TPSA) is 83.4 Å². The van der Waals surface area contributed by atoms with Crippen LogP contribution >= 0.6 is 7.60 Å². The number of rotatable bonds is 3. The summed E-state index contributed by atoms with van der Waals surface area (Å²) >= 11 is 0. The molecule has 1 N–H and O–H groups in total. The monoisotopic (exact) mass is 372 g/mol. The van der Waals surface area contributed by atoms with Gasteiger partial charge < -0.3 is 19.5 Å². The van der Waals surface area contributed by atoms with Gasteiger partial charge in [-0.25, -0.2) is 0 Å². The Balaban J connectivity index is 0. The third-order valence-corrected chi connectivity index (χ3v) is 5.33. The van der Waals surface area contributed by atoms with Crippen molar-refractivity contribution in [2.24, 2.45) is 0 Å². The van der Waals surface area contributed by atoms with E-state index in [1.165, 1.54) is 0 Å². The van der Waals surface area contributed by atoms with Crippen LogP contribution in [-0.2, 0) is 15.4 Å². The molecule has 0 aliphatic heterocycles. The molecule has 1 aromatic rings. The third-order valence-electron chi connectivity index (χ3n) is 3.90. The van der Waals surface area contributed by atoms with Gasteiger partial charge in [0.1, 0.15) is 5.75 Å². The summed E-state index contributed by atoms with van der Waals surface area (Å²) in [6.07, 6.45) is 0.224. The minimum atomic E-state index is -4.74. The summed E-state index contributed by atoms with van der Waals surface area (Å²) in [5.74, 6) is 0.185. The number of aromatic hydroxyl groups is 1. The Hall–Kier alpha value is 1.17. The molecule has 0 aliphatic carbocycles. The van der Waals surface area contributed by atoms with Gasteiger partial charge in [-0.15, -0.1) is 0 Å². The normalized spacial score (nSPS) is 13.7. The first kappa shape index (κ1) is 27.4. The van der Waals surface area contributed by atoms with Crippen molar-refractivity contribution in [3.05, 3.63) is 28.8 Å². The van der Waals surface area contributed by atoms with Crippen LogP contribution < -0.4 is 68.9 Å². The number of phenols is 1. The first-order valence-electron chi connectivity index (χ1n) is 7.59. The van der Waals surface area contributed by atoms with Gasteiger partial charge in [-0.1, -0.05) is 68.2 Å². The van der Waals surface area contributed by atoms with Crippen molar-refractivity contribution < 1.29 is 78.6 Å². The predicted molar refractivity (Wildman–Crippen MR) is 86.1 cm³/mol. The Labute approximate surface area is 190 Å². The second-order valence-electron chi connectivity index (χ2n) is 7.93. The standard InChI is InChI=1S/C17H29O4P.2Na/c1-8-14(22(19,20)21)11-9-12(16(2,3)4)15(18)13(10-11)17(5,6)7;;/h9-10,14,18H,8H2,1-7H3,(H2,19,20,21);;/q;2*+1/p-2. The first-order chi connectivity index (χ1) is 9.69. The van der Waals surface area contributed by atoms with Crippen molar-refractivity contribution in [2.45, 2.75) is 71.4 Å². The fourth-order valence-corrected chi connectivity index (χ4v) is 3.60. The summed E-state index contributed by atoms with van der Waals surface area (Å²) < 4.78 is 11.6. The minimum absolute atomic E-state index is 0. The maximum Gasteiger partial charge on any atom is 1.00 e. The van der Waals surface area contributed by atoms with Crippen molar-refractivity contribution in [2.75, 3.05) is 0 Å². The van der Waals surface area contributed by atoms with Crippen LogP contribution in [0.15, 0.2) is 12.1 Å². The van der Waals surface area contributed by atoms with Gasteiger partial charge in [0.15, 0.2) is 0 Å². The first-order valence-corrected chi connectivity index (χ1v) is 9.20. The molecule has 1 atom stereocenters. The van der Waals surface area contributed by atoms with Gasteiger partial charge in [0, 0.05) is 5.66 Å². The smallest absolute Gasteiger partial charge is 0.810 e. The van der Waals surface area contributed by atoms with Crippen LogP contribution in [0.4, 0.5) is 0 Å². The van der Waals surface area contributed by atoms with E-state index in [4.69, 9.17) is 0 Å². The van der Waals surface area contributed by atoms with Gasteiger partial charge >= 0.3 is 59.1 Å². The van der Waals surface area contributed by atoms with Crippen molar-refractivity contribution in [1.29, 1.82) is 0 Å². The molecule has 1 aromatic carbocycles. The molecule has 0 spiro atoms. The summed E-state index contributed by atoms with van der Waals surface area (Å²) in [5.41, 5.74) is 0.0462. The van der Waals surface area contributed by atoms with Crippen molar-refractivity contribution in [1.82, 2.24) is 0 Å². The fraction of sp³-hybridized carbons (Fsp3) is 0.647. The van der Waals surface area contributed by atoms with Gasteiger partial charge in [-0.05, 0) is 33.9 Å². The van der Waals surface area contributed by atoms with E-state index in [-0.39, 0.29) is 82.1 Å². The Morgan fingerprint density at radius 2 is 1.33 bits per heavy atom. The van der Waals surface area contributed by atoms with E-state index in [1.54, 1.807) is 19.1 Å². The molecular formula is C17H27Na2O4P. The van der Waals surface area contributed by atoms with E-state index in [1.807, 2.05) is 41.5 Å². The van der Waals surface area contributed by atoms with Crippen LogP contribution in [0.1, 0.15) is 77.2 Å². The Morgan fingerprint density at radius 1 is 1.00 bits per heavy atom. The van der Waals surface area contributed by atoms with E-state index in [9.17, 15) is 19.5 Å². The van der Waals surface area contributed by atoms with Gasteiger partial charge in [0.2, 0.25) is 0 Å². The van der Waals surface area contributed by atoms with Crippen molar-refractivity contribution >= 4 is 7.60 Å².